The Morgan fingerprint density at radius 1 is 1.23 bits per heavy atom. The molecule has 0 amide bonds. The molecule has 1 aromatic carbocycles. The van der Waals surface area contributed by atoms with Crippen molar-refractivity contribution in [3.05, 3.63) is 35.4 Å². The summed E-state index contributed by atoms with van der Waals surface area (Å²) in [5.74, 6) is 0. The van der Waals surface area contributed by atoms with Crippen LogP contribution < -0.4 is 0 Å². The second kappa shape index (κ2) is 4.72. The fourth-order valence-corrected chi connectivity index (χ4v) is 4.12. The summed E-state index contributed by atoms with van der Waals surface area (Å²) in [5, 5.41) is 8.64. The van der Waals surface area contributed by atoms with Gasteiger partial charge in [0, 0.05) is 0 Å². The predicted octanol–water partition coefficient (Wildman–Crippen LogP) is 2.96. The number of rotatable bonds is 2. The van der Waals surface area contributed by atoms with Crippen LogP contribution in [0.15, 0.2) is 24.3 Å². The van der Waals surface area contributed by atoms with Gasteiger partial charge in [0.25, 0.3) is 0 Å². The summed E-state index contributed by atoms with van der Waals surface area (Å²) in [4.78, 5) is 0. The summed E-state index contributed by atoms with van der Waals surface area (Å²) in [6.45, 7) is 2.30. The SMILES string of the molecule is C[CH](c1ccc(C#N)cc1)[Bi]([CH3])[CH3]. The molecule has 0 saturated heterocycles. The molecular weight excluding hydrogens is 355 g/mol. The van der Waals surface area contributed by atoms with Crippen LogP contribution in [-0.4, -0.2) is 21.8 Å². The normalized spacial score (nSPS) is 12.5. The Morgan fingerprint density at radius 3 is 2.15 bits per heavy atom. The maximum absolute atomic E-state index is 8.64. The minimum absolute atomic E-state index is 0.758. The number of nitriles is 1. The van der Waals surface area contributed by atoms with Gasteiger partial charge in [0.1, 0.15) is 0 Å². The second-order valence-electron chi connectivity index (χ2n) is 3.37. The third-order valence-electron chi connectivity index (χ3n) is 2.30. The quantitative estimate of drug-likeness (QED) is 0.736. The standard InChI is InChI=1S/C9H8N.2CH3.Bi/c1-2-8-3-5-9(7-10)6-4-8;;;/h2-6H,1H3;2*1H3;. The van der Waals surface area contributed by atoms with Crippen LogP contribution in [0.1, 0.15) is 21.7 Å². The molecule has 0 N–H and O–H groups in total. The van der Waals surface area contributed by atoms with Gasteiger partial charge in [0.05, 0.1) is 0 Å². The topological polar surface area (TPSA) is 23.8 Å². The van der Waals surface area contributed by atoms with Crippen LogP contribution in [0.2, 0.25) is 9.26 Å². The zero-order chi connectivity index (χ0) is 9.84. The molecule has 1 unspecified atom stereocenters. The van der Waals surface area contributed by atoms with Gasteiger partial charge >= 0.3 is 88.3 Å². The van der Waals surface area contributed by atoms with Gasteiger partial charge in [0.15, 0.2) is 0 Å². The fourth-order valence-electron chi connectivity index (χ4n) is 1.13. The molecule has 1 aromatic rings. The molecule has 0 aliphatic carbocycles. The number of benzene rings is 1. The van der Waals surface area contributed by atoms with Gasteiger partial charge in [-0.3, -0.25) is 0 Å². The molecule has 0 radical (unpaired) electrons. The Bertz CT molecular complexity index is 308. The van der Waals surface area contributed by atoms with E-state index < -0.39 is 21.8 Å². The molecule has 68 valence electrons. The number of nitrogens with zero attached hydrogens (tertiary/aromatic N) is 1. The molecule has 0 aliphatic heterocycles. The monoisotopic (exact) mass is 369 g/mol. The molecule has 13 heavy (non-hydrogen) atoms. The first-order valence-electron chi connectivity index (χ1n) is 4.31. The summed E-state index contributed by atoms with van der Waals surface area (Å²) in [6.07, 6.45) is 0. The number of hydrogen-bond donors (Lipinski definition) is 0. The Kier molecular flexibility index (Phi) is 3.88. The Balaban J connectivity index is 2.87. The van der Waals surface area contributed by atoms with Crippen LogP contribution in [-0.2, 0) is 0 Å². The molecule has 0 bridgehead atoms. The molecule has 1 rings (SSSR count). The first-order valence-corrected chi connectivity index (χ1v) is 13.3. The Hall–Kier alpha value is -0.407. The van der Waals surface area contributed by atoms with Crippen molar-refractivity contribution in [3.63, 3.8) is 0 Å². The molecule has 0 spiro atoms. The van der Waals surface area contributed by atoms with E-state index in [1.54, 1.807) is 0 Å². The summed E-state index contributed by atoms with van der Waals surface area (Å²) < 4.78 is 5.60. The average molecular weight is 369 g/mol. The first-order chi connectivity index (χ1) is 6.15. The molecule has 1 atom stereocenters. The van der Waals surface area contributed by atoms with Gasteiger partial charge < -0.3 is 0 Å². The van der Waals surface area contributed by atoms with Crippen molar-refractivity contribution in [1.29, 1.82) is 5.26 Å². The molecule has 0 aliphatic rings. The summed E-state index contributed by atoms with van der Waals surface area (Å²) in [5.41, 5.74) is 2.16. The van der Waals surface area contributed by atoms with Crippen molar-refractivity contribution in [2.45, 2.75) is 19.8 Å². The molecular formula is C11H14BiN. The Labute approximate surface area is 88.1 Å². The van der Waals surface area contributed by atoms with Crippen molar-refractivity contribution in [1.82, 2.24) is 0 Å². The van der Waals surface area contributed by atoms with E-state index in [4.69, 9.17) is 5.26 Å². The summed E-state index contributed by atoms with van der Waals surface area (Å²) in [7, 11) is 0. The number of hydrogen-bond acceptors (Lipinski definition) is 1. The predicted molar refractivity (Wildman–Crippen MR) is 57.1 cm³/mol. The van der Waals surface area contributed by atoms with Crippen molar-refractivity contribution in [2.75, 3.05) is 0 Å². The van der Waals surface area contributed by atoms with Crippen LogP contribution in [0.4, 0.5) is 0 Å². The van der Waals surface area contributed by atoms with Crippen LogP contribution in [0.3, 0.4) is 0 Å². The zero-order valence-electron chi connectivity index (χ0n) is 8.28. The van der Waals surface area contributed by atoms with Crippen molar-refractivity contribution in [2.24, 2.45) is 0 Å². The van der Waals surface area contributed by atoms with E-state index in [2.05, 4.69) is 34.4 Å². The third-order valence-corrected chi connectivity index (χ3v) is 9.48. The van der Waals surface area contributed by atoms with E-state index in [0.717, 1.165) is 9.19 Å². The summed E-state index contributed by atoms with van der Waals surface area (Å²) >= 11 is -1.18. The van der Waals surface area contributed by atoms with Gasteiger partial charge in [-0.1, -0.05) is 0 Å². The van der Waals surface area contributed by atoms with Crippen LogP contribution in [0, 0.1) is 11.3 Å². The van der Waals surface area contributed by atoms with Crippen molar-refractivity contribution >= 4 is 21.8 Å². The fraction of sp³-hybridized carbons (Fsp3) is 0.364. The van der Waals surface area contributed by atoms with Crippen LogP contribution >= 0.6 is 0 Å². The second-order valence-corrected chi connectivity index (χ2v) is 13.9. The van der Waals surface area contributed by atoms with E-state index in [-0.39, 0.29) is 0 Å². The zero-order valence-corrected chi connectivity index (χ0v) is 11.8. The van der Waals surface area contributed by atoms with E-state index in [1.807, 2.05) is 12.1 Å². The molecule has 0 saturated carbocycles. The van der Waals surface area contributed by atoms with Gasteiger partial charge in [-0.15, -0.1) is 0 Å². The first kappa shape index (κ1) is 10.7. The van der Waals surface area contributed by atoms with Gasteiger partial charge in [0.2, 0.25) is 0 Å². The minimum atomic E-state index is -1.18. The van der Waals surface area contributed by atoms with Crippen LogP contribution in [0.25, 0.3) is 0 Å². The molecule has 0 aromatic heterocycles. The van der Waals surface area contributed by atoms with Crippen LogP contribution in [0.5, 0.6) is 0 Å². The van der Waals surface area contributed by atoms with Gasteiger partial charge in [-0.05, 0) is 0 Å². The van der Waals surface area contributed by atoms with Crippen molar-refractivity contribution < 1.29 is 0 Å². The molecule has 1 nitrogen and oxygen atoms in total. The van der Waals surface area contributed by atoms with Gasteiger partial charge in [-0.2, -0.15) is 0 Å². The van der Waals surface area contributed by atoms with E-state index >= 15 is 0 Å². The van der Waals surface area contributed by atoms with E-state index in [9.17, 15) is 0 Å². The maximum atomic E-state index is 8.64. The van der Waals surface area contributed by atoms with Gasteiger partial charge in [-0.25, -0.2) is 0 Å². The summed E-state index contributed by atoms with van der Waals surface area (Å²) in [6, 6.07) is 10.2. The van der Waals surface area contributed by atoms with E-state index in [1.165, 1.54) is 5.56 Å². The molecule has 0 heterocycles. The third kappa shape index (κ3) is 2.78. The van der Waals surface area contributed by atoms with Crippen molar-refractivity contribution in [3.8, 4) is 6.07 Å². The molecule has 0 fully saturated rings. The molecule has 2 heteroatoms. The Morgan fingerprint density at radius 2 is 1.77 bits per heavy atom. The van der Waals surface area contributed by atoms with E-state index in [0.29, 0.717) is 0 Å². The average Bonchev–Trinajstić information content (AvgIpc) is 2.17.